The zero-order chi connectivity index (χ0) is 9.68. The standard InChI is InChI=1S/C12H14O/c1-3-10(4-2)12(13)11-8-6-5-7-9-11/h3,5-10H,1,4H2,2H3/t10-/m1/s1. The SMILES string of the molecule is C=C[C@H](CC)C(=O)c1ccccc1. The van der Waals surface area contributed by atoms with Crippen LogP contribution in [0.4, 0.5) is 0 Å². The Labute approximate surface area is 79.1 Å². The van der Waals surface area contributed by atoms with Gasteiger partial charge in [-0.3, -0.25) is 4.79 Å². The molecule has 68 valence electrons. The first-order valence-corrected chi connectivity index (χ1v) is 4.51. The number of carbonyl (C=O) groups excluding carboxylic acids is 1. The van der Waals surface area contributed by atoms with Gasteiger partial charge in [0.1, 0.15) is 0 Å². The minimum Gasteiger partial charge on any atom is -0.294 e. The molecule has 0 bridgehead atoms. The van der Waals surface area contributed by atoms with Gasteiger partial charge in [0.15, 0.2) is 5.78 Å². The van der Waals surface area contributed by atoms with E-state index in [1.54, 1.807) is 6.08 Å². The number of Topliss-reactive ketones (excluding diaryl/α,β-unsaturated/α-hetero) is 1. The number of carbonyl (C=O) groups is 1. The van der Waals surface area contributed by atoms with Gasteiger partial charge in [0.25, 0.3) is 0 Å². The Kier molecular flexibility index (Phi) is 3.44. The fourth-order valence-electron chi connectivity index (χ4n) is 1.28. The normalized spacial score (nSPS) is 12.1. The number of hydrogen-bond donors (Lipinski definition) is 0. The molecule has 0 radical (unpaired) electrons. The number of ketones is 1. The topological polar surface area (TPSA) is 17.1 Å². The molecule has 0 aliphatic carbocycles. The molecule has 1 aromatic rings. The van der Waals surface area contributed by atoms with Crippen LogP contribution in [-0.2, 0) is 0 Å². The lowest BCUT2D eigenvalue weighted by Crippen LogP contribution is -2.10. The molecular formula is C12H14O. The lowest BCUT2D eigenvalue weighted by atomic mass is 9.96. The molecule has 0 aliphatic heterocycles. The highest BCUT2D eigenvalue weighted by Crippen LogP contribution is 2.12. The Hall–Kier alpha value is -1.37. The third-order valence-corrected chi connectivity index (χ3v) is 2.12. The van der Waals surface area contributed by atoms with Gasteiger partial charge in [-0.2, -0.15) is 0 Å². The molecule has 0 heterocycles. The molecule has 0 unspecified atom stereocenters. The van der Waals surface area contributed by atoms with Crippen molar-refractivity contribution >= 4 is 5.78 Å². The number of allylic oxidation sites excluding steroid dienone is 1. The van der Waals surface area contributed by atoms with Gasteiger partial charge in [0.05, 0.1) is 0 Å². The van der Waals surface area contributed by atoms with Crippen LogP contribution < -0.4 is 0 Å². The van der Waals surface area contributed by atoms with Crippen LogP contribution in [0, 0.1) is 5.92 Å². The summed E-state index contributed by atoms with van der Waals surface area (Å²) in [5, 5.41) is 0. The van der Waals surface area contributed by atoms with Gasteiger partial charge in [-0.05, 0) is 6.42 Å². The molecule has 0 amide bonds. The van der Waals surface area contributed by atoms with Crippen molar-refractivity contribution in [2.45, 2.75) is 13.3 Å². The molecule has 1 atom stereocenters. The van der Waals surface area contributed by atoms with Crippen LogP contribution >= 0.6 is 0 Å². The summed E-state index contributed by atoms with van der Waals surface area (Å²) in [7, 11) is 0. The van der Waals surface area contributed by atoms with Gasteiger partial charge in [-0.1, -0.05) is 43.3 Å². The van der Waals surface area contributed by atoms with Crippen molar-refractivity contribution in [3.8, 4) is 0 Å². The van der Waals surface area contributed by atoms with E-state index in [-0.39, 0.29) is 11.7 Å². The maximum atomic E-state index is 11.7. The van der Waals surface area contributed by atoms with Gasteiger partial charge >= 0.3 is 0 Å². The van der Waals surface area contributed by atoms with E-state index in [9.17, 15) is 4.79 Å². The van der Waals surface area contributed by atoms with E-state index in [4.69, 9.17) is 0 Å². The highest BCUT2D eigenvalue weighted by molar-refractivity contribution is 5.98. The molecule has 1 heteroatoms. The Balaban J connectivity index is 2.84. The molecule has 0 aliphatic rings. The molecule has 1 rings (SSSR count). The Morgan fingerprint density at radius 3 is 2.54 bits per heavy atom. The van der Waals surface area contributed by atoms with Crippen molar-refractivity contribution in [1.29, 1.82) is 0 Å². The van der Waals surface area contributed by atoms with Crippen molar-refractivity contribution in [2.75, 3.05) is 0 Å². The highest BCUT2D eigenvalue weighted by Gasteiger charge is 2.13. The monoisotopic (exact) mass is 174 g/mol. The predicted molar refractivity (Wildman–Crippen MR) is 54.8 cm³/mol. The van der Waals surface area contributed by atoms with E-state index < -0.39 is 0 Å². The van der Waals surface area contributed by atoms with Crippen molar-refractivity contribution in [3.05, 3.63) is 48.6 Å². The second-order valence-corrected chi connectivity index (χ2v) is 2.98. The van der Waals surface area contributed by atoms with Gasteiger partial charge in [-0.25, -0.2) is 0 Å². The van der Waals surface area contributed by atoms with Gasteiger partial charge in [0.2, 0.25) is 0 Å². The average Bonchev–Trinajstić information content (AvgIpc) is 2.21. The smallest absolute Gasteiger partial charge is 0.169 e. The fourth-order valence-corrected chi connectivity index (χ4v) is 1.28. The lowest BCUT2D eigenvalue weighted by Gasteiger charge is -2.07. The molecule has 1 aromatic carbocycles. The summed E-state index contributed by atoms with van der Waals surface area (Å²) >= 11 is 0. The first kappa shape index (κ1) is 9.72. The Bertz CT molecular complexity index is 287. The summed E-state index contributed by atoms with van der Waals surface area (Å²) in [4.78, 5) is 11.7. The zero-order valence-corrected chi connectivity index (χ0v) is 7.86. The van der Waals surface area contributed by atoms with Crippen LogP contribution in [0.1, 0.15) is 23.7 Å². The van der Waals surface area contributed by atoms with Crippen LogP contribution in [-0.4, -0.2) is 5.78 Å². The largest absolute Gasteiger partial charge is 0.294 e. The zero-order valence-electron chi connectivity index (χ0n) is 7.86. The van der Waals surface area contributed by atoms with E-state index >= 15 is 0 Å². The van der Waals surface area contributed by atoms with Crippen LogP contribution in [0.3, 0.4) is 0 Å². The second-order valence-electron chi connectivity index (χ2n) is 2.98. The van der Waals surface area contributed by atoms with E-state index in [2.05, 4.69) is 6.58 Å². The van der Waals surface area contributed by atoms with Crippen molar-refractivity contribution in [3.63, 3.8) is 0 Å². The third kappa shape index (κ3) is 2.28. The Morgan fingerprint density at radius 1 is 1.46 bits per heavy atom. The maximum absolute atomic E-state index is 11.7. The number of rotatable bonds is 4. The fraction of sp³-hybridized carbons (Fsp3) is 0.250. The van der Waals surface area contributed by atoms with Gasteiger partial charge < -0.3 is 0 Å². The van der Waals surface area contributed by atoms with E-state index in [0.717, 1.165) is 12.0 Å². The van der Waals surface area contributed by atoms with Crippen molar-refractivity contribution in [1.82, 2.24) is 0 Å². The predicted octanol–water partition coefficient (Wildman–Crippen LogP) is 3.08. The summed E-state index contributed by atoms with van der Waals surface area (Å²) in [6.45, 7) is 5.65. The first-order chi connectivity index (χ1) is 6.29. The molecule has 0 fully saturated rings. The highest BCUT2D eigenvalue weighted by atomic mass is 16.1. The number of hydrogen-bond acceptors (Lipinski definition) is 1. The molecule has 0 saturated carbocycles. The summed E-state index contributed by atoms with van der Waals surface area (Å²) in [5.74, 6) is 0.125. The number of benzene rings is 1. The lowest BCUT2D eigenvalue weighted by molar-refractivity contribution is 0.0943. The molecular weight excluding hydrogens is 160 g/mol. The minimum absolute atomic E-state index is 0.0394. The van der Waals surface area contributed by atoms with Gasteiger partial charge in [0, 0.05) is 11.5 Å². The van der Waals surface area contributed by atoms with Crippen LogP contribution in [0.15, 0.2) is 43.0 Å². The summed E-state index contributed by atoms with van der Waals surface area (Å²) in [5.41, 5.74) is 0.772. The van der Waals surface area contributed by atoms with Gasteiger partial charge in [-0.15, -0.1) is 6.58 Å². The summed E-state index contributed by atoms with van der Waals surface area (Å²) in [6, 6.07) is 9.35. The van der Waals surface area contributed by atoms with Crippen LogP contribution in [0.25, 0.3) is 0 Å². The van der Waals surface area contributed by atoms with Crippen molar-refractivity contribution < 1.29 is 4.79 Å². The second kappa shape index (κ2) is 4.61. The van der Waals surface area contributed by atoms with E-state index in [0.29, 0.717) is 0 Å². The van der Waals surface area contributed by atoms with E-state index in [1.807, 2.05) is 37.3 Å². The molecule has 13 heavy (non-hydrogen) atoms. The Morgan fingerprint density at radius 2 is 2.08 bits per heavy atom. The molecule has 0 aromatic heterocycles. The quantitative estimate of drug-likeness (QED) is 0.506. The van der Waals surface area contributed by atoms with Crippen LogP contribution in [0.2, 0.25) is 0 Å². The maximum Gasteiger partial charge on any atom is 0.169 e. The molecule has 0 spiro atoms. The summed E-state index contributed by atoms with van der Waals surface area (Å²) < 4.78 is 0. The first-order valence-electron chi connectivity index (χ1n) is 4.51. The van der Waals surface area contributed by atoms with Crippen molar-refractivity contribution in [2.24, 2.45) is 5.92 Å². The summed E-state index contributed by atoms with van der Waals surface area (Å²) in [6.07, 6.45) is 2.53. The molecule has 0 N–H and O–H groups in total. The minimum atomic E-state index is -0.0394. The average molecular weight is 174 g/mol. The third-order valence-electron chi connectivity index (χ3n) is 2.12. The van der Waals surface area contributed by atoms with E-state index in [1.165, 1.54) is 0 Å². The van der Waals surface area contributed by atoms with Crippen LogP contribution in [0.5, 0.6) is 0 Å². The molecule has 1 nitrogen and oxygen atoms in total. The molecule has 0 saturated heterocycles.